The van der Waals surface area contributed by atoms with Gasteiger partial charge in [0.05, 0.1) is 10.6 Å². The molecule has 1 amide bonds. The molecule has 5 nitrogen and oxygen atoms in total. The van der Waals surface area contributed by atoms with E-state index in [0.29, 0.717) is 11.4 Å². The third-order valence-electron chi connectivity index (χ3n) is 2.25. The lowest BCUT2D eigenvalue weighted by Gasteiger charge is -2.05. The van der Waals surface area contributed by atoms with Crippen molar-refractivity contribution in [2.45, 2.75) is 6.92 Å². The van der Waals surface area contributed by atoms with E-state index in [1.165, 1.54) is 29.5 Å². The number of nitrogens with one attached hydrogen (secondary N) is 1. The number of aryl methyl sites for hydroxylation is 1. The van der Waals surface area contributed by atoms with Crippen molar-refractivity contribution in [3.05, 3.63) is 44.9 Å². The number of rotatable bonds is 3. The summed E-state index contributed by atoms with van der Waals surface area (Å²) < 4.78 is 0. The zero-order chi connectivity index (χ0) is 14.0. The Bertz CT molecular complexity index is 654. The van der Waals surface area contributed by atoms with Gasteiger partial charge in [0.1, 0.15) is 5.69 Å². The molecule has 0 aliphatic heterocycles. The molecule has 0 bridgehead atoms. The summed E-state index contributed by atoms with van der Waals surface area (Å²) in [6.07, 6.45) is 0. The van der Waals surface area contributed by atoms with Crippen LogP contribution in [0.3, 0.4) is 0 Å². The Hall–Kier alpha value is -1.92. The smallest absolute Gasteiger partial charge is 0.335 e. The molecular formula is C12H9ClN2O3S. The number of carboxylic acids is 1. The standard InChI is InChI=1S/C12H9ClN2O3S/c1-6-14-10(5-19-6)11(16)15-9-3-7(12(17)18)2-8(13)4-9/h2-5H,1H3,(H,15,16)(H,17,18). The van der Waals surface area contributed by atoms with E-state index in [2.05, 4.69) is 10.3 Å². The lowest BCUT2D eigenvalue weighted by atomic mass is 10.2. The zero-order valence-electron chi connectivity index (χ0n) is 9.81. The molecule has 1 aromatic heterocycles. The topological polar surface area (TPSA) is 79.3 Å². The average molecular weight is 297 g/mol. The molecule has 0 fully saturated rings. The molecule has 0 aliphatic carbocycles. The predicted molar refractivity (Wildman–Crippen MR) is 73.2 cm³/mol. The monoisotopic (exact) mass is 296 g/mol. The number of nitrogens with zero attached hydrogens (tertiary/aromatic N) is 1. The summed E-state index contributed by atoms with van der Waals surface area (Å²) in [5.41, 5.74) is 0.622. The molecule has 2 aromatic rings. The van der Waals surface area contributed by atoms with Crippen LogP contribution in [0.4, 0.5) is 5.69 Å². The van der Waals surface area contributed by atoms with Crippen molar-refractivity contribution in [2.24, 2.45) is 0 Å². The molecule has 2 rings (SSSR count). The fraction of sp³-hybridized carbons (Fsp3) is 0.0833. The van der Waals surface area contributed by atoms with E-state index in [9.17, 15) is 9.59 Å². The quantitative estimate of drug-likeness (QED) is 0.912. The number of thiazole rings is 1. The number of amides is 1. The summed E-state index contributed by atoms with van der Waals surface area (Å²) in [7, 11) is 0. The van der Waals surface area contributed by atoms with Gasteiger partial charge in [-0.05, 0) is 25.1 Å². The molecule has 0 saturated heterocycles. The molecule has 98 valence electrons. The van der Waals surface area contributed by atoms with Crippen LogP contribution in [0.1, 0.15) is 25.9 Å². The summed E-state index contributed by atoms with van der Waals surface area (Å²) in [6.45, 7) is 1.80. The minimum atomic E-state index is -1.11. The molecule has 7 heteroatoms. The van der Waals surface area contributed by atoms with Gasteiger partial charge in [0, 0.05) is 16.1 Å². The molecule has 1 aromatic carbocycles. The molecule has 0 aliphatic rings. The van der Waals surface area contributed by atoms with Gasteiger partial charge in [-0.1, -0.05) is 11.6 Å². The first kappa shape index (κ1) is 13.5. The second kappa shape index (κ2) is 5.38. The van der Waals surface area contributed by atoms with Gasteiger partial charge >= 0.3 is 5.97 Å². The number of hydrogen-bond acceptors (Lipinski definition) is 4. The molecule has 0 unspecified atom stereocenters. The van der Waals surface area contributed by atoms with Crippen LogP contribution in [0.5, 0.6) is 0 Å². The van der Waals surface area contributed by atoms with Crippen LogP contribution in [0.15, 0.2) is 23.6 Å². The third-order valence-corrected chi connectivity index (χ3v) is 3.25. The van der Waals surface area contributed by atoms with Crippen molar-refractivity contribution < 1.29 is 14.7 Å². The first-order valence-corrected chi connectivity index (χ1v) is 6.49. The highest BCUT2D eigenvalue weighted by atomic mass is 35.5. The molecule has 0 spiro atoms. The lowest BCUT2D eigenvalue weighted by Crippen LogP contribution is -2.13. The van der Waals surface area contributed by atoms with Crippen LogP contribution in [0, 0.1) is 6.92 Å². The molecular weight excluding hydrogens is 288 g/mol. The number of aromatic nitrogens is 1. The van der Waals surface area contributed by atoms with E-state index in [1.54, 1.807) is 12.3 Å². The fourth-order valence-corrected chi connectivity index (χ4v) is 2.28. The summed E-state index contributed by atoms with van der Waals surface area (Å²) >= 11 is 7.16. The average Bonchev–Trinajstić information content (AvgIpc) is 2.75. The molecule has 0 radical (unpaired) electrons. The third kappa shape index (κ3) is 3.30. The number of carbonyl (C=O) groups excluding carboxylic acids is 1. The van der Waals surface area contributed by atoms with Crippen LogP contribution in [0.2, 0.25) is 5.02 Å². The minimum absolute atomic E-state index is 0.0114. The van der Waals surface area contributed by atoms with E-state index in [4.69, 9.17) is 16.7 Å². The Labute approximate surface area is 117 Å². The second-order valence-electron chi connectivity index (χ2n) is 3.74. The normalized spacial score (nSPS) is 10.2. The maximum atomic E-state index is 11.9. The number of aromatic carboxylic acids is 1. The van der Waals surface area contributed by atoms with Gasteiger partial charge in [0.15, 0.2) is 0 Å². The van der Waals surface area contributed by atoms with Crippen molar-refractivity contribution in [1.82, 2.24) is 4.98 Å². The largest absolute Gasteiger partial charge is 0.478 e. The minimum Gasteiger partial charge on any atom is -0.478 e. The highest BCUT2D eigenvalue weighted by Crippen LogP contribution is 2.20. The number of carboxylic acid groups (broad SMARTS) is 1. The lowest BCUT2D eigenvalue weighted by molar-refractivity contribution is 0.0696. The number of benzene rings is 1. The van der Waals surface area contributed by atoms with E-state index in [0.717, 1.165) is 5.01 Å². The van der Waals surface area contributed by atoms with Crippen molar-refractivity contribution in [2.75, 3.05) is 5.32 Å². The second-order valence-corrected chi connectivity index (χ2v) is 5.24. The van der Waals surface area contributed by atoms with Crippen LogP contribution in [-0.4, -0.2) is 22.0 Å². The molecule has 0 atom stereocenters. The summed E-state index contributed by atoms with van der Waals surface area (Å²) in [4.78, 5) is 26.8. The Balaban J connectivity index is 2.23. The number of hydrogen-bond donors (Lipinski definition) is 2. The Morgan fingerprint density at radius 1 is 1.37 bits per heavy atom. The molecule has 19 heavy (non-hydrogen) atoms. The fourth-order valence-electron chi connectivity index (χ4n) is 1.45. The number of halogens is 1. The zero-order valence-corrected chi connectivity index (χ0v) is 11.4. The van der Waals surface area contributed by atoms with Crippen molar-refractivity contribution >= 4 is 40.5 Å². The van der Waals surface area contributed by atoms with E-state index < -0.39 is 11.9 Å². The van der Waals surface area contributed by atoms with Crippen molar-refractivity contribution in [3.63, 3.8) is 0 Å². The van der Waals surface area contributed by atoms with Crippen LogP contribution in [0.25, 0.3) is 0 Å². The van der Waals surface area contributed by atoms with Gasteiger partial charge in [0.25, 0.3) is 5.91 Å². The van der Waals surface area contributed by atoms with Gasteiger partial charge in [-0.2, -0.15) is 0 Å². The van der Waals surface area contributed by atoms with E-state index >= 15 is 0 Å². The van der Waals surface area contributed by atoms with Gasteiger partial charge in [-0.3, -0.25) is 4.79 Å². The van der Waals surface area contributed by atoms with E-state index in [-0.39, 0.29) is 10.6 Å². The van der Waals surface area contributed by atoms with Gasteiger partial charge in [0.2, 0.25) is 0 Å². The van der Waals surface area contributed by atoms with Crippen LogP contribution >= 0.6 is 22.9 Å². The Morgan fingerprint density at radius 3 is 2.68 bits per heavy atom. The van der Waals surface area contributed by atoms with Gasteiger partial charge in [-0.25, -0.2) is 9.78 Å². The maximum Gasteiger partial charge on any atom is 0.335 e. The highest BCUT2D eigenvalue weighted by molar-refractivity contribution is 7.09. The summed E-state index contributed by atoms with van der Waals surface area (Å²) in [5, 5.41) is 14.1. The summed E-state index contributed by atoms with van der Waals surface area (Å²) in [5.74, 6) is -1.51. The first-order valence-electron chi connectivity index (χ1n) is 5.23. The SMILES string of the molecule is Cc1nc(C(=O)Nc2cc(Cl)cc(C(=O)O)c2)cs1. The van der Waals surface area contributed by atoms with Crippen molar-refractivity contribution in [3.8, 4) is 0 Å². The number of anilines is 1. The maximum absolute atomic E-state index is 11.9. The molecule has 1 heterocycles. The van der Waals surface area contributed by atoms with Crippen LogP contribution < -0.4 is 5.32 Å². The molecule has 0 saturated carbocycles. The van der Waals surface area contributed by atoms with Gasteiger partial charge < -0.3 is 10.4 Å². The first-order chi connectivity index (χ1) is 8.95. The summed E-state index contributed by atoms with van der Waals surface area (Å²) in [6, 6.07) is 4.13. The predicted octanol–water partition coefficient (Wildman–Crippen LogP) is 3.06. The molecule has 2 N–H and O–H groups in total. The highest BCUT2D eigenvalue weighted by Gasteiger charge is 2.12. The van der Waals surface area contributed by atoms with Crippen molar-refractivity contribution in [1.29, 1.82) is 0 Å². The number of carbonyl (C=O) groups is 2. The van der Waals surface area contributed by atoms with E-state index in [1.807, 2.05) is 0 Å². The van der Waals surface area contributed by atoms with Crippen LogP contribution in [-0.2, 0) is 0 Å². The van der Waals surface area contributed by atoms with Gasteiger partial charge in [-0.15, -0.1) is 11.3 Å². The Kier molecular flexibility index (Phi) is 3.82. The Morgan fingerprint density at radius 2 is 2.11 bits per heavy atom.